The van der Waals surface area contributed by atoms with Crippen LogP contribution in [-0.4, -0.2) is 34.6 Å². The van der Waals surface area contributed by atoms with Gasteiger partial charge in [-0.3, -0.25) is 15.0 Å². The Morgan fingerprint density at radius 2 is 2.04 bits per heavy atom. The number of amides is 4. The van der Waals surface area contributed by atoms with Crippen molar-refractivity contribution in [2.75, 3.05) is 6.26 Å². The van der Waals surface area contributed by atoms with E-state index >= 15 is 0 Å². The van der Waals surface area contributed by atoms with E-state index in [1.54, 1.807) is 30.0 Å². The van der Waals surface area contributed by atoms with Crippen LogP contribution < -0.4 is 10.7 Å². The number of hydrogen-bond acceptors (Lipinski definition) is 4. The number of thioether (sulfide) groups is 1. The van der Waals surface area contributed by atoms with Gasteiger partial charge in [-0.1, -0.05) is 31.4 Å². The summed E-state index contributed by atoms with van der Waals surface area (Å²) in [4.78, 5) is 37.3. The second-order valence-electron chi connectivity index (χ2n) is 6.29. The third-order valence-electron chi connectivity index (χ3n) is 4.58. The van der Waals surface area contributed by atoms with Gasteiger partial charge in [-0.05, 0) is 36.8 Å². The fraction of sp³-hybridized carbons (Fsp3) is 0.471. The summed E-state index contributed by atoms with van der Waals surface area (Å²) >= 11 is 1.66. The maximum Gasteiger partial charge on any atom is 0.344 e. The number of urea groups is 1. The number of carbonyl (C=O) groups excluding carboxylic acids is 3. The summed E-state index contributed by atoms with van der Waals surface area (Å²) in [6.45, 7) is 0. The Morgan fingerprint density at radius 3 is 2.75 bits per heavy atom. The van der Waals surface area contributed by atoms with Gasteiger partial charge in [-0.2, -0.15) is 16.8 Å². The van der Waals surface area contributed by atoms with Crippen LogP contribution in [0.25, 0.3) is 0 Å². The number of benzene rings is 1. The van der Waals surface area contributed by atoms with Gasteiger partial charge in [0.15, 0.2) is 0 Å². The third kappa shape index (κ3) is 3.13. The second-order valence-corrected chi connectivity index (χ2v) is 7.15. The molecule has 0 unspecified atom stereocenters. The minimum Gasteiger partial charge on any atom is -0.322 e. The number of hydrogen-bond donors (Lipinski definition) is 2. The van der Waals surface area contributed by atoms with Gasteiger partial charge in [-0.15, -0.1) is 0 Å². The van der Waals surface area contributed by atoms with E-state index in [1.807, 2.05) is 12.3 Å². The standard InChI is InChI=1S/C17H21N3O3S/c1-24-11-12-6-5-7-13(10-12)14(21)19-20-15(22)17(18-16(20)23)8-3-2-4-9-17/h5-7,10H,2-4,8-9,11H2,1H3,(H,18,23)(H,19,21). The Labute approximate surface area is 145 Å². The first-order valence-electron chi connectivity index (χ1n) is 8.11. The summed E-state index contributed by atoms with van der Waals surface area (Å²) in [5, 5.41) is 3.62. The molecule has 7 heteroatoms. The highest BCUT2D eigenvalue weighted by Crippen LogP contribution is 2.33. The van der Waals surface area contributed by atoms with Crippen LogP contribution >= 0.6 is 11.8 Å². The maximum absolute atomic E-state index is 12.7. The summed E-state index contributed by atoms with van der Waals surface area (Å²) in [6, 6.07) is 6.65. The van der Waals surface area contributed by atoms with Crippen LogP contribution in [0.1, 0.15) is 48.0 Å². The minimum atomic E-state index is -0.830. The highest BCUT2D eigenvalue weighted by Gasteiger charge is 2.52. The molecular formula is C17H21N3O3S. The molecular weight excluding hydrogens is 326 g/mol. The minimum absolute atomic E-state index is 0.346. The summed E-state index contributed by atoms with van der Waals surface area (Å²) in [5.41, 5.74) is 3.09. The summed E-state index contributed by atoms with van der Waals surface area (Å²) in [6.07, 6.45) is 6.14. The molecule has 0 radical (unpaired) electrons. The van der Waals surface area contributed by atoms with E-state index in [9.17, 15) is 14.4 Å². The molecule has 2 aliphatic rings. The smallest absolute Gasteiger partial charge is 0.322 e. The highest BCUT2D eigenvalue weighted by molar-refractivity contribution is 7.97. The fourth-order valence-electron chi connectivity index (χ4n) is 3.35. The quantitative estimate of drug-likeness (QED) is 0.820. The first-order chi connectivity index (χ1) is 11.6. The maximum atomic E-state index is 12.7. The number of nitrogens with zero attached hydrogens (tertiary/aromatic N) is 1. The Balaban J connectivity index is 1.73. The summed E-state index contributed by atoms with van der Waals surface area (Å²) < 4.78 is 0. The van der Waals surface area contributed by atoms with E-state index in [4.69, 9.17) is 0 Å². The van der Waals surface area contributed by atoms with Gasteiger partial charge in [0.2, 0.25) is 0 Å². The summed E-state index contributed by atoms with van der Waals surface area (Å²) in [5.74, 6) is 0.00280. The molecule has 1 saturated heterocycles. The lowest BCUT2D eigenvalue weighted by Crippen LogP contribution is -2.50. The van der Waals surface area contributed by atoms with Crippen molar-refractivity contribution in [2.24, 2.45) is 0 Å². The Kier molecular flexibility index (Phi) is 4.80. The van der Waals surface area contributed by atoms with E-state index in [0.29, 0.717) is 18.4 Å². The molecule has 1 aliphatic heterocycles. The molecule has 1 heterocycles. The zero-order valence-corrected chi connectivity index (χ0v) is 14.4. The number of hydrazine groups is 1. The van der Waals surface area contributed by atoms with E-state index in [2.05, 4.69) is 10.7 Å². The lowest BCUT2D eigenvalue weighted by Gasteiger charge is -2.30. The lowest BCUT2D eigenvalue weighted by molar-refractivity contribution is -0.134. The Bertz CT molecular complexity index is 671. The van der Waals surface area contributed by atoms with Crippen molar-refractivity contribution < 1.29 is 14.4 Å². The van der Waals surface area contributed by atoms with Crippen LogP contribution in [0.15, 0.2) is 24.3 Å². The predicted molar refractivity (Wildman–Crippen MR) is 92.3 cm³/mol. The van der Waals surface area contributed by atoms with Crippen molar-refractivity contribution in [3.05, 3.63) is 35.4 Å². The molecule has 2 N–H and O–H groups in total. The molecule has 1 spiro atoms. The van der Waals surface area contributed by atoms with E-state index in [-0.39, 0.29) is 5.91 Å². The van der Waals surface area contributed by atoms with E-state index in [0.717, 1.165) is 35.6 Å². The molecule has 1 aromatic rings. The predicted octanol–water partition coefficient (Wildman–Crippen LogP) is 2.45. The molecule has 0 bridgehead atoms. The lowest BCUT2D eigenvalue weighted by atomic mass is 9.82. The zero-order valence-electron chi connectivity index (χ0n) is 13.6. The number of rotatable bonds is 4. The Hall–Kier alpha value is -2.02. The first kappa shape index (κ1) is 16.8. The fourth-order valence-corrected chi connectivity index (χ4v) is 3.86. The molecule has 0 atom stereocenters. The zero-order chi connectivity index (χ0) is 17.2. The summed E-state index contributed by atoms with van der Waals surface area (Å²) in [7, 11) is 0. The average Bonchev–Trinajstić information content (AvgIpc) is 2.80. The molecule has 24 heavy (non-hydrogen) atoms. The van der Waals surface area contributed by atoms with Crippen molar-refractivity contribution in [3.63, 3.8) is 0 Å². The third-order valence-corrected chi connectivity index (χ3v) is 5.20. The second kappa shape index (κ2) is 6.84. The molecule has 6 nitrogen and oxygen atoms in total. The molecule has 1 saturated carbocycles. The van der Waals surface area contributed by atoms with Crippen LogP contribution in [0.5, 0.6) is 0 Å². The van der Waals surface area contributed by atoms with E-state index < -0.39 is 17.5 Å². The van der Waals surface area contributed by atoms with Gasteiger partial charge in [0.1, 0.15) is 5.54 Å². The largest absolute Gasteiger partial charge is 0.344 e. The molecule has 3 rings (SSSR count). The van der Waals surface area contributed by atoms with Crippen molar-refractivity contribution >= 4 is 29.6 Å². The van der Waals surface area contributed by atoms with Crippen LogP contribution in [0.3, 0.4) is 0 Å². The number of nitrogens with one attached hydrogen (secondary N) is 2. The topological polar surface area (TPSA) is 78.5 Å². The van der Waals surface area contributed by atoms with Crippen LogP contribution in [0.4, 0.5) is 4.79 Å². The molecule has 128 valence electrons. The van der Waals surface area contributed by atoms with Crippen LogP contribution in [0, 0.1) is 0 Å². The van der Waals surface area contributed by atoms with Crippen molar-refractivity contribution in [2.45, 2.75) is 43.4 Å². The molecule has 1 aromatic carbocycles. The van der Waals surface area contributed by atoms with Gasteiger partial charge < -0.3 is 5.32 Å². The van der Waals surface area contributed by atoms with Crippen molar-refractivity contribution in [3.8, 4) is 0 Å². The van der Waals surface area contributed by atoms with Crippen LogP contribution in [0.2, 0.25) is 0 Å². The van der Waals surface area contributed by atoms with Crippen LogP contribution in [-0.2, 0) is 10.5 Å². The number of carbonyl (C=O) groups is 3. The van der Waals surface area contributed by atoms with Crippen molar-refractivity contribution in [1.82, 2.24) is 15.8 Å². The first-order valence-corrected chi connectivity index (χ1v) is 9.51. The SMILES string of the molecule is CSCc1cccc(C(=O)NN2C(=O)NC3(CCCCC3)C2=O)c1. The van der Waals surface area contributed by atoms with Gasteiger partial charge in [0.05, 0.1) is 0 Å². The molecule has 4 amide bonds. The van der Waals surface area contributed by atoms with Gasteiger partial charge >= 0.3 is 6.03 Å². The van der Waals surface area contributed by atoms with E-state index in [1.165, 1.54) is 0 Å². The monoisotopic (exact) mass is 347 g/mol. The normalized spacial score (nSPS) is 19.5. The van der Waals surface area contributed by atoms with Gasteiger partial charge in [0, 0.05) is 11.3 Å². The average molecular weight is 347 g/mol. The molecule has 0 aromatic heterocycles. The van der Waals surface area contributed by atoms with Crippen molar-refractivity contribution in [1.29, 1.82) is 0 Å². The molecule has 1 aliphatic carbocycles. The van der Waals surface area contributed by atoms with Gasteiger partial charge in [-0.25, -0.2) is 4.79 Å². The Morgan fingerprint density at radius 1 is 1.29 bits per heavy atom. The highest BCUT2D eigenvalue weighted by atomic mass is 32.2. The number of imide groups is 1. The molecule has 2 fully saturated rings. The van der Waals surface area contributed by atoms with Gasteiger partial charge in [0.25, 0.3) is 11.8 Å².